The van der Waals surface area contributed by atoms with Crippen molar-refractivity contribution in [3.63, 3.8) is 0 Å². The quantitative estimate of drug-likeness (QED) is 0.432. The van der Waals surface area contributed by atoms with Crippen LogP contribution in [0.5, 0.6) is 0 Å². The van der Waals surface area contributed by atoms with Crippen LogP contribution in [0.25, 0.3) is 0 Å². The van der Waals surface area contributed by atoms with Crippen molar-refractivity contribution in [2.24, 2.45) is 0 Å². The second kappa shape index (κ2) is 3.33. The van der Waals surface area contributed by atoms with Crippen molar-refractivity contribution < 1.29 is 5.85 Å². The van der Waals surface area contributed by atoms with Crippen LogP contribution in [0, 0.1) is 0 Å². The average molecular weight is 106 g/mol. The lowest BCUT2D eigenvalue weighted by Crippen LogP contribution is -2.18. The van der Waals surface area contributed by atoms with Crippen molar-refractivity contribution in [3.8, 4) is 0 Å². The molecule has 0 saturated heterocycles. The molecule has 0 aliphatic carbocycles. The molecule has 0 aliphatic heterocycles. The molecule has 6 heavy (non-hydrogen) atoms. The van der Waals surface area contributed by atoms with E-state index in [0.717, 1.165) is 0 Å². The average Bonchev–Trinajstić information content (AvgIpc) is 1.35. The Balaban J connectivity index is 0. The first-order chi connectivity index (χ1) is 2.77. The minimum absolute atomic E-state index is 0. The van der Waals surface area contributed by atoms with Crippen LogP contribution in [0.15, 0.2) is 0 Å². The minimum atomic E-state index is -0.310. The van der Waals surface area contributed by atoms with Crippen LogP contribution >= 0.6 is 0 Å². The van der Waals surface area contributed by atoms with E-state index in [9.17, 15) is 0 Å². The maximum Gasteiger partial charge on any atom is 1.00 e. The Kier molecular flexibility index (Phi) is 3.41. The summed E-state index contributed by atoms with van der Waals surface area (Å²) in [5, 5.41) is 0. The Morgan fingerprint density at radius 3 is 2.17 bits per heavy atom. The van der Waals surface area contributed by atoms with Crippen LogP contribution < -0.4 is 0 Å². The highest BCUT2D eigenvalue weighted by Crippen LogP contribution is 1.64. The summed E-state index contributed by atoms with van der Waals surface area (Å²) >= 11 is 0. The van der Waals surface area contributed by atoms with Crippen molar-refractivity contribution in [1.29, 1.82) is 0 Å². The predicted molar refractivity (Wildman–Crippen MR) is 30.4 cm³/mol. The maximum atomic E-state index is 4.87. The Morgan fingerprint density at radius 1 is 1.67 bits per heavy atom. The summed E-state index contributed by atoms with van der Waals surface area (Å²) in [5.41, 5.74) is 0. The van der Waals surface area contributed by atoms with Gasteiger partial charge in [-0.1, -0.05) is 0 Å². The van der Waals surface area contributed by atoms with E-state index >= 15 is 0 Å². The fourth-order valence-electron chi connectivity index (χ4n) is 0.258. The molecule has 0 bridgehead atoms. The van der Waals surface area contributed by atoms with Gasteiger partial charge in [0, 0.05) is 7.11 Å². The zero-order valence-electron chi connectivity index (χ0n) is 5.56. The van der Waals surface area contributed by atoms with E-state index in [1.54, 1.807) is 7.11 Å². The molecule has 0 N–H and O–H groups in total. The van der Waals surface area contributed by atoms with E-state index in [-0.39, 0.29) is 11.4 Å². The molecule has 0 atom stereocenters. The van der Waals surface area contributed by atoms with Gasteiger partial charge in [-0.2, -0.15) is 0 Å². The maximum absolute atomic E-state index is 4.87. The highest BCUT2D eigenvalue weighted by atomic mass is 28.2. The molecule has 0 aromatic rings. The van der Waals surface area contributed by atoms with Crippen molar-refractivity contribution in [3.05, 3.63) is 0 Å². The molecule has 38 valence electrons. The van der Waals surface area contributed by atoms with Gasteiger partial charge in [0.15, 0.2) is 0 Å². The first-order valence-corrected chi connectivity index (χ1v) is 3.12. The molecular formula is C3H12NOSi+. The van der Waals surface area contributed by atoms with Crippen LogP contribution in [0.3, 0.4) is 0 Å². The summed E-state index contributed by atoms with van der Waals surface area (Å²) in [5.74, 6) is 0. The van der Waals surface area contributed by atoms with E-state index in [1.165, 1.54) is 0 Å². The van der Waals surface area contributed by atoms with Gasteiger partial charge in [-0.05, 0) is 14.1 Å². The summed E-state index contributed by atoms with van der Waals surface area (Å²) in [4.78, 5) is 0. The molecule has 0 heterocycles. The summed E-state index contributed by atoms with van der Waals surface area (Å²) < 4.78 is 6.97. The number of nitrogens with zero attached hydrogens (tertiary/aromatic N) is 1. The molecule has 0 aliphatic rings. The number of rotatable bonds is 2. The Labute approximate surface area is 42.6 Å². The van der Waals surface area contributed by atoms with E-state index in [2.05, 4.69) is 4.57 Å². The molecule has 0 spiro atoms. The molecular weight excluding hydrogens is 94.1 g/mol. The monoisotopic (exact) mass is 106 g/mol. The van der Waals surface area contributed by atoms with Crippen molar-refractivity contribution in [2.45, 2.75) is 0 Å². The van der Waals surface area contributed by atoms with Crippen molar-refractivity contribution in [2.75, 3.05) is 21.2 Å². The van der Waals surface area contributed by atoms with Gasteiger partial charge in [0.25, 0.3) is 0 Å². The van der Waals surface area contributed by atoms with E-state index in [4.69, 9.17) is 4.43 Å². The zero-order valence-corrected chi connectivity index (χ0v) is 5.98. The van der Waals surface area contributed by atoms with Gasteiger partial charge in [-0.15, -0.1) is 0 Å². The molecule has 0 rings (SSSR count). The Hall–Kier alpha value is 0.137. The number of hydrogen-bond acceptors (Lipinski definition) is 2. The summed E-state index contributed by atoms with van der Waals surface area (Å²) in [6, 6.07) is 0. The van der Waals surface area contributed by atoms with E-state index in [1.807, 2.05) is 14.1 Å². The highest BCUT2D eigenvalue weighted by Gasteiger charge is 1.81. The van der Waals surface area contributed by atoms with Crippen LogP contribution in [0.4, 0.5) is 0 Å². The van der Waals surface area contributed by atoms with Crippen LogP contribution in [0.1, 0.15) is 1.43 Å². The van der Waals surface area contributed by atoms with E-state index in [0.29, 0.717) is 0 Å². The Bertz CT molecular complexity index is 36.1. The van der Waals surface area contributed by atoms with Crippen LogP contribution in [-0.4, -0.2) is 35.7 Å². The SMILES string of the molecule is CO[SiH2]N(C)C.[H+]. The highest BCUT2D eigenvalue weighted by molar-refractivity contribution is 6.22. The molecule has 0 aromatic carbocycles. The van der Waals surface area contributed by atoms with Gasteiger partial charge >= 0.3 is 1.43 Å². The third-order valence-electron chi connectivity index (χ3n) is 0.387. The lowest BCUT2D eigenvalue weighted by Gasteiger charge is -2.03. The third kappa shape index (κ3) is 4.14. The van der Waals surface area contributed by atoms with Crippen LogP contribution in [-0.2, 0) is 4.43 Å². The largest absolute Gasteiger partial charge is 1.00 e. The smallest absolute Gasteiger partial charge is 0.411 e. The molecule has 3 heteroatoms. The lowest BCUT2D eigenvalue weighted by molar-refractivity contribution is 0.392. The molecule has 0 aromatic heterocycles. The standard InChI is InChI=1S/C3H11NOSi/c1-4(2)6-5-3/h6H2,1-3H3/p+1. The van der Waals surface area contributed by atoms with Gasteiger partial charge < -0.3 is 8.99 Å². The fourth-order valence-corrected chi connectivity index (χ4v) is 0.775. The van der Waals surface area contributed by atoms with Gasteiger partial charge in [0.1, 0.15) is 0 Å². The second-order valence-electron chi connectivity index (χ2n) is 1.50. The van der Waals surface area contributed by atoms with Gasteiger partial charge in [-0.3, -0.25) is 0 Å². The van der Waals surface area contributed by atoms with Crippen molar-refractivity contribution in [1.82, 2.24) is 4.57 Å². The molecule has 0 saturated carbocycles. The topological polar surface area (TPSA) is 12.5 Å². The van der Waals surface area contributed by atoms with Crippen molar-refractivity contribution >= 4 is 9.92 Å². The van der Waals surface area contributed by atoms with Gasteiger partial charge in [-0.25, -0.2) is 0 Å². The number of hydrogen-bond donors (Lipinski definition) is 0. The molecule has 0 unspecified atom stereocenters. The molecule has 0 radical (unpaired) electrons. The van der Waals surface area contributed by atoms with E-state index < -0.39 is 0 Å². The third-order valence-corrected chi connectivity index (χ3v) is 1.16. The molecule has 2 nitrogen and oxygen atoms in total. The first-order valence-electron chi connectivity index (χ1n) is 1.91. The van der Waals surface area contributed by atoms with Gasteiger partial charge in [0.2, 0.25) is 9.92 Å². The van der Waals surface area contributed by atoms with Gasteiger partial charge in [0.05, 0.1) is 0 Å². The fraction of sp³-hybridized carbons (Fsp3) is 1.00. The summed E-state index contributed by atoms with van der Waals surface area (Å²) in [6.45, 7) is 0. The zero-order chi connectivity index (χ0) is 4.99. The minimum Gasteiger partial charge on any atom is -0.411 e. The second-order valence-corrected chi connectivity index (χ2v) is 3.60. The Morgan fingerprint density at radius 2 is 2.17 bits per heavy atom. The first kappa shape index (κ1) is 6.14. The molecule has 0 fully saturated rings. The molecule has 0 amide bonds. The summed E-state index contributed by atoms with van der Waals surface area (Å²) in [7, 11) is 5.48. The normalized spacial score (nSPS) is 12.0. The van der Waals surface area contributed by atoms with Crippen LogP contribution in [0.2, 0.25) is 0 Å². The predicted octanol–water partition coefficient (Wildman–Crippen LogP) is -0.694. The lowest BCUT2D eigenvalue weighted by atomic mass is 11.3. The summed E-state index contributed by atoms with van der Waals surface area (Å²) in [6.07, 6.45) is 0.